The lowest BCUT2D eigenvalue weighted by Gasteiger charge is -2.09. The van der Waals surface area contributed by atoms with E-state index in [9.17, 15) is 9.59 Å². The first-order valence-electron chi connectivity index (χ1n) is 9.95. The number of hydrogen-bond donors (Lipinski definition) is 1. The van der Waals surface area contributed by atoms with Crippen molar-refractivity contribution < 1.29 is 14.3 Å². The summed E-state index contributed by atoms with van der Waals surface area (Å²) in [4.78, 5) is 37.7. The lowest BCUT2D eigenvalue weighted by atomic mass is 10.1. The third kappa shape index (κ3) is 5.49. The second kappa shape index (κ2) is 10.3. The van der Waals surface area contributed by atoms with Gasteiger partial charge in [-0.2, -0.15) is 0 Å². The normalized spacial score (nSPS) is 10.8. The maximum absolute atomic E-state index is 12.8. The number of carbonyl (C=O) groups is 2. The summed E-state index contributed by atoms with van der Waals surface area (Å²) in [6.07, 6.45) is 5.11. The Morgan fingerprint density at radius 3 is 2.84 bits per heavy atom. The highest BCUT2D eigenvalue weighted by Crippen LogP contribution is 2.33. The van der Waals surface area contributed by atoms with Gasteiger partial charge in [0.25, 0.3) is 5.91 Å². The summed E-state index contributed by atoms with van der Waals surface area (Å²) >= 11 is 3.23. The molecule has 0 fully saturated rings. The molecule has 0 saturated carbocycles. The molecule has 4 rings (SSSR count). The lowest BCUT2D eigenvalue weighted by molar-refractivity contribution is -0.142. The third-order valence-electron chi connectivity index (χ3n) is 4.46. The Bertz CT molecular complexity index is 1240. The monoisotopic (exact) mass is 464 g/mol. The predicted octanol–water partition coefficient (Wildman–Crippen LogP) is 4.74. The van der Waals surface area contributed by atoms with Gasteiger partial charge in [-0.15, -0.1) is 11.3 Å². The minimum absolute atomic E-state index is 0.0527. The van der Waals surface area contributed by atoms with E-state index in [-0.39, 0.29) is 18.9 Å². The fourth-order valence-corrected chi connectivity index (χ4v) is 5.05. The second-order valence-electron chi connectivity index (χ2n) is 6.75. The van der Waals surface area contributed by atoms with Gasteiger partial charge in [-0.05, 0) is 48.9 Å². The number of pyridine rings is 2. The van der Waals surface area contributed by atoms with Gasteiger partial charge < -0.3 is 10.1 Å². The van der Waals surface area contributed by atoms with E-state index < -0.39 is 5.97 Å². The third-order valence-corrected chi connectivity index (χ3v) is 6.70. The van der Waals surface area contributed by atoms with Crippen LogP contribution >= 0.6 is 23.1 Å². The summed E-state index contributed by atoms with van der Waals surface area (Å²) in [6, 6.07) is 12.9. The zero-order chi connectivity index (χ0) is 22.3. The Hall–Kier alpha value is -3.30. The number of fused-ring (bicyclic) bond motifs is 1. The van der Waals surface area contributed by atoms with Crippen molar-refractivity contribution in [3.05, 3.63) is 77.9 Å². The molecule has 1 aromatic carbocycles. The van der Waals surface area contributed by atoms with Crippen molar-refractivity contribution in [3.63, 3.8) is 0 Å². The van der Waals surface area contributed by atoms with Crippen LogP contribution in [0.25, 0.3) is 10.2 Å². The molecular weight excluding hydrogens is 444 g/mol. The summed E-state index contributed by atoms with van der Waals surface area (Å²) in [5, 5.41) is 2.90. The summed E-state index contributed by atoms with van der Waals surface area (Å²) in [7, 11) is 0. The van der Waals surface area contributed by atoms with Crippen LogP contribution in [0.4, 0.5) is 5.69 Å². The molecular formula is C23H20N4O3S2. The zero-order valence-corrected chi connectivity index (χ0v) is 18.9. The van der Waals surface area contributed by atoms with Crippen LogP contribution in [0.15, 0.2) is 65.4 Å². The molecule has 32 heavy (non-hydrogen) atoms. The van der Waals surface area contributed by atoms with Crippen LogP contribution in [0.2, 0.25) is 0 Å². The zero-order valence-electron chi connectivity index (χ0n) is 17.3. The van der Waals surface area contributed by atoms with Gasteiger partial charge in [0.05, 0.1) is 34.5 Å². The molecule has 0 spiro atoms. The quantitative estimate of drug-likeness (QED) is 0.297. The first-order chi connectivity index (χ1) is 15.6. The Kier molecular flexibility index (Phi) is 7.08. The molecule has 0 atom stereocenters. The van der Waals surface area contributed by atoms with E-state index in [2.05, 4.69) is 20.3 Å². The number of benzene rings is 1. The average molecular weight is 465 g/mol. The number of thioether (sulfide) groups is 1. The van der Waals surface area contributed by atoms with E-state index in [1.807, 2.05) is 36.5 Å². The van der Waals surface area contributed by atoms with Crippen molar-refractivity contribution in [2.75, 3.05) is 11.9 Å². The summed E-state index contributed by atoms with van der Waals surface area (Å²) in [6.45, 7) is 2.02. The topological polar surface area (TPSA) is 94.1 Å². The Morgan fingerprint density at radius 2 is 2.03 bits per heavy atom. The Morgan fingerprint density at radius 1 is 1.16 bits per heavy atom. The van der Waals surface area contributed by atoms with Crippen LogP contribution in [-0.2, 0) is 21.7 Å². The van der Waals surface area contributed by atoms with Gasteiger partial charge in [0.2, 0.25) is 0 Å². The van der Waals surface area contributed by atoms with Crippen LogP contribution in [0.1, 0.15) is 28.5 Å². The molecule has 9 heteroatoms. The van der Waals surface area contributed by atoms with Crippen LogP contribution in [0.3, 0.4) is 0 Å². The van der Waals surface area contributed by atoms with Crippen molar-refractivity contribution in [1.29, 1.82) is 0 Å². The van der Waals surface area contributed by atoms with E-state index in [0.29, 0.717) is 16.9 Å². The molecule has 0 aliphatic rings. The van der Waals surface area contributed by atoms with Gasteiger partial charge in [0.15, 0.2) is 4.34 Å². The molecule has 1 amide bonds. The summed E-state index contributed by atoms with van der Waals surface area (Å²) in [5.74, 6) is 0.0525. The minimum Gasteiger partial charge on any atom is -0.466 e. The number of nitrogens with one attached hydrogen (secondary N) is 1. The van der Waals surface area contributed by atoms with Gasteiger partial charge in [0, 0.05) is 30.0 Å². The van der Waals surface area contributed by atoms with Crippen LogP contribution in [0.5, 0.6) is 0 Å². The van der Waals surface area contributed by atoms with E-state index in [0.717, 1.165) is 25.9 Å². The molecule has 3 aromatic heterocycles. The maximum Gasteiger partial charge on any atom is 0.311 e. The van der Waals surface area contributed by atoms with Crippen molar-refractivity contribution in [2.24, 2.45) is 0 Å². The Labute approximate surface area is 193 Å². The van der Waals surface area contributed by atoms with Gasteiger partial charge in [-0.3, -0.25) is 19.6 Å². The number of anilines is 1. The van der Waals surface area contributed by atoms with Crippen molar-refractivity contribution in [3.8, 4) is 0 Å². The SMILES string of the molecule is CCOC(=O)Cc1ncccc1C(=O)Nc1ccc2nc(SCc3cccnc3)sc2c1. The molecule has 3 heterocycles. The van der Waals surface area contributed by atoms with Gasteiger partial charge in [-0.25, -0.2) is 4.98 Å². The maximum atomic E-state index is 12.8. The molecule has 1 N–H and O–H groups in total. The molecule has 4 aromatic rings. The number of thiazole rings is 1. The van der Waals surface area contributed by atoms with E-state index in [1.54, 1.807) is 54.5 Å². The van der Waals surface area contributed by atoms with Crippen molar-refractivity contribution in [2.45, 2.75) is 23.4 Å². The van der Waals surface area contributed by atoms with Gasteiger partial charge in [-0.1, -0.05) is 17.8 Å². The summed E-state index contributed by atoms with van der Waals surface area (Å²) in [5.41, 5.74) is 3.40. The van der Waals surface area contributed by atoms with E-state index >= 15 is 0 Å². The molecule has 0 aliphatic carbocycles. The summed E-state index contributed by atoms with van der Waals surface area (Å²) < 4.78 is 6.91. The molecule has 162 valence electrons. The van der Waals surface area contributed by atoms with Crippen molar-refractivity contribution in [1.82, 2.24) is 15.0 Å². The number of esters is 1. The molecule has 0 bridgehead atoms. The van der Waals surface area contributed by atoms with Gasteiger partial charge >= 0.3 is 5.97 Å². The fourth-order valence-electron chi connectivity index (χ4n) is 3.00. The van der Waals surface area contributed by atoms with Crippen LogP contribution < -0.4 is 5.32 Å². The Balaban J connectivity index is 1.46. The molecule has 0 saturated heterocycles. The molecule has 0 unspecified atom stereocenters. The minimum atomic E-state index is -0.414. The smallest absolute Gasteiger partial charge is 0.311 e. The number of amides is 1. The van der Waals surface area contributed by atoms with Crippen molar-refractivity contribution >= 4 is 50.9 Å². The number of carbonyl (C=O) groups excluding carboxylic acids is 2. The highest BCUT2D eigenvalue weighted by molar-refractivity contribution is 8.00. The first kappa shape index (κ1) is 21.9. The van der Waals surface area contributed by atoms with Gasteiger partial charge in [0.1, 0.15) is 0 Å². The fraction of sp³-hybridized carbons (Fsp3) is 0.174. The highest BCUT2D eigenvalue weighted by Gasteiger charge is 2.16. The van der Waals surface area contributed by atoms with E-state index in [1.165, 1.54) is 0 Å². The number of hydrogen-bond acceptors (Lipinski definition) is 8. The largest absolute Gasteiger partial charge is 0.466 e. The first-order valence-corrected chi connectivity index (χ1v) is 11.8. The highest BCUT2D eigenvalue weighted by atomic mass is 32.2. The number of rotatable bonds is 8. The van der Waals surface area contributed by atoms with Crippen LogP contribution in [0, 0.1) is 0 Å². The number of ether oxygens (including phenoxy) is 1. The molecule has 0 aliphatic heterocycles. The average Bonchev–Trinajstić information content (AvgIpc) is 3.21. The molecule has 7 nitrogen and oxygen atoms in total. The second-order valence-corrected chi connectivity index (χ2v) is 9.00. The van der Waals surface area contributed by atoms with E-state index in [4.69, 9.17) is 4.74 Å². The molecule has 0 radical (unpaired) electrons. The predicted molar refractivity (Wildman–Crippen MR) is 126 cm³/mol. The number of aromatic nitrogens is 3. The lowest BCUT2D eigenvalue weighted by Crippen LogP contribution is -2.18. The number of nitrogens with zero attached hydrogens (tertiary/aromatic N) is 3. The van der Waals surface area contributed by atoms with Crippen LogP contribution in [-0.4, -0.2) is 33.4 Å². The standard InChI is InChI=1S/C23H20N4O3S2/c1-2-30-21(28)12-19-17(6-4-10-25-19)22(29)26-16-7-8-18-20(11-16)32-23(27-18)31-14-15-5-3-9-24-13-15/h3-11,13H,2,12,14H2,1H3,(H,26,29).